The number of benzene rings is 1. The molecule has 3 aliphatic heterocycles. The average Bonchev–Trinajstić information content (AvgIpc) is 3.41. The minimum Gasteiger partial charge on any atom is -0.508 e. The molecule has 5 N–H and O–H groups in total. The second-order valence-electron chi connectivity index (χ2n) is 12.4. The number of nitrogens with zero attached hydrogens (tertiary/aromatic N) is 3. The van der Waals surface area contributed by atoms with E-state index in [1.54, 1.807) is 6.07 Å². The molecule has 4 aliphatic rings. The first-order chi connectivity index (χ1) is 19.8. The second-order valence-corrected chi connectivity index (χ2v) is 12.4. The van der Waals surface area contributed by atoms with Crippen LogP contribution in [0.2, 0.25) is 0 Å². The van der Waals surface area contributed by atoms with Crippen molar-refractivity contribution in [1.29, 1.82) is 0 Å². The molecule has 5 rings (SSSR count). The Labute approximate surface area is 244 Å². The van der Waals surface area contributed by atoms with Gasteiger partial charge in [-0.25, -0.2) is 0 Å². The molecule has 1 amide bonds. The normalized spacial score (nSPS) is 33.9. The lowest BCUT2D eigenvalue weighted by molar-refractivity contribution is -0.146. The number of carbonyl (C=O) groups is 2. The summed E-state index contributed by atoms with van der Waals surface area (Å²) >= 11 is 0. The molecule has 4 fully saturated rings. The SMILES string of the molecule is C=CC(=O)N1CCN(C2NC(OCC3CCCN3C)NC3C(=O)[C@H](CC(C)c4ccccc4O)CCC32)CC1CN. The highest BCUT2D eigenvalue weighted by Crippen LogP contribution is 2.39. The number of ketones is 1. The highest BCUT2D eigenvalue weighted by atomic mass is 16.5. The Morgan fingerprint density at radius 3 is 2.71 bits per heavy atom. The van der Waals surface area contributed by atoms with Crippen LogP contribution in [0.1, 0.15) is 50.5 Å². The van der Waals surface area contributed by atoms with Gasteiger partial charge in [-0.05, 0) is 69.3 Å². The third-order valence-electron chi connectivity index (χ3n) is 9.91. The molecular formula is C31H48N6O4. The first kappa shape index (κ1) is 30.1. The van der Waals surface area contributed by atoms with Gasteiger partial charge in [0.05, 0.1) is 24.9 Å². The second kappa shape index (κ2) is 13.3. The largest absolute Gasteiger partial charge is 0.508 e. The van der Waals surface area contributed by atoms with Crippen LogP contribution in [-0.2, 0) is 14.3 Å². The monoisotopic (exact) mass is 568 g/mol. The van der Waals surface area contributed by atoms with Crippen LogP contribution in [0.3, 0.4) is 0 Å². The number of likely N-dealkylation sites (N-methyl/N-ethyl adjacent to an activating group) is 1. The van der Waals surface area contributed by atoms with Crippen molar-refractivity contribution in [2.75, 3.05) is 46.4 Å². The number of amides is 1. The number of nitrogens with one attached hydrogen (secondary N) is 2. The van der Waals surface area contributed by atoms with Crippen molar-refractivity contribution in [3.05, 3.63) is 42.5 Å². The van der Waals surface area contributed by atoms with Gasteiger partial charge in [0.15, 0.2) is 12.1 Å². The number of phenols is 1. The molecule has 1 aromatic rings. The minimum absolute atomic E-state index is 0.0666. The topological polar surface area (TPSA) is 123 Å². The maximum atomic E-state index is 14.1. The summed E-state index contributed by atoms with van der Waals surface area (Å²) in [5.41, 5.74) is 7.01. The molecule has 3 heterocycles. The lowest BCUT2D eigenvalue weighted by Crippen LogP contribution is -2.74. The van der Waals surface area contributed by atoms with Gasteiger partial charge in [-0.3, -0.25) is 25.1 Å². The summed E-state index contributed by atoms with van der Waals surface area (Å²) in [7, 11) is 2.14. The quantitative estimate of drug-likeness (QED) is 0.328. The molecule has 0 aromatic heterocycles. The number of phenolic OH excluding ortho intramolecular Hbond substituents is 1. The van der Waals surface area contributed by atoms with Gasteiger partial charge in [-0.1, -0.05) is 31.7 Å². The van der Waals surface area contributed by atoms with E-state index in [-0.39, 0.29) is 53.4 Å². The van der Waals surface area contributed by atoms with E-state index in [0.29, 0.717) is 45.2 Å². The standard InChI is InChI=1S/C31H48N6O4/c1-4-27(39)37-15-14-36(18-23(37)17-32)30-25-12-11-21(16-20(2)24-9-5-6-10-26(24)38)29(40)28(25)33-31(34-30)41-19-22-8-7-13-35(22)3/h4-6,9-10,20-23,25,28,30-31,33-34,38H,1,7-8,11-19,32H2,2-3H3/t20?,21-,22?,23?,25?,28?,30?,31?/m0/s1. The fraction of sp³-hybridized carbons (Fsp3) is 0.677. The molecule has 41 heavy (non-hydrogen) atoms. The van der Waals surface area contributed by atoms with Crippen LogP contribution < -0.4 is 16.4 Å². The van der Waals surface area contributed by atoms with Crippen molar-refractivity contribution >= 4 is 11.7 Å². The molecule has 0 spiro atoms. The Balaban J connectivity index is 1.32. The van der Waals surface area contributed by atoms with Gasteiger partial charge in [-0.15, -0.1) is 0 Å². The molecule has 7 unspecified atom stereocenters. The Hall–Kier alpha value is -2.34. The molecule has 0 bridgehead atoms. The first-order valence-corrected chi connectivity index (χ1v) is 15.3. The van der Waals surface area contributed by atoms with Crippen molar-refractivity contribution in [3.8, 4) is 5.75 Å². The fourth-order valence-electron chi connectivity index (χ4n) is 7.51. The van der Waals surface area contributed by atoms with Crippen molar-refractivity contribution < 1.29 is 19.4 Å². The molecule has 0 radical (unpaired) electrons. The van der Waals surface area contributed by atoms with E-state index < -0.39 is 6.35 Å². The summed E-state index contributed by atoms with van der Waals surface area (Å²) in [6, 6.07) is 7.36. The van der Waals surface area contributed by atoms with E-state index in [0.717, 1.165) is 31.4 Å². The van der Waals surface area contributed by atoms with Gasteiger partial charge >= 0.3 is 0 Å². The van der Waals surface area contributed by atoms with E-state index in [1.165, 1.54) is 12.5 Å². The summed E-state index contributed by atoms with van der Waals surface area (Å²) in [5, 5.41) is 17.6. The number of rotatable bonds is 9. The Kier molecular flexibility index (Phi) is 9.78. The summed E-state index contributed by atoms with van der Waals surface area (Å²) in [6.45, 7) is 9.70. The summed E-state index contributed by atoms with van der Waals surface area (Å²) < 4.78 is 6.41. The van der Waals surface area contributed by atoms with Gasteiger partial charge in [0.1, 0.15) is 5.75 Å². The van der Waals surface area contributed by atoms with Crippen molar-refractivity contribution in [1.82, 2.24) is 25.3 Å². The maximum absolute atomic E-state index is 14.1. The van der Waals surface area contributed by atoms with E-state index in [1.807, 2.05) is 23.1 Å². The van der Waals surface area contributed by atoms with Crippen LogP contribution in [0.5, 0.6) is 5.75 Å². The number of nitrogens with two attached hydrogens (primary N) is 1. The maximum Gasteiger partial charge on any atom is 0.246 e. The molecule has 10 nitrogen and oxygen atoms in total. The zero-order valence-corrected chi connectivity index (χ0v) is 24.6. The zero-order chi connectivity index (χ0) is 29.1. The van der Waals surface area contributed by atoms with Crippen LogP contribution in [-0.4, -0.2) is 109 Å². The Morgan fingerprint density at radius 1 is 1.20 bits per heavy atom. The number of hydrogen-bond acceptors (Lipinski definition) is 9. The number of ether oxygens (including phenoxy) is 1. The number of para-hydroxylation sites is 1. The van der Waals surface area contributed by atoms with Gasteiger partial charge in [-0.2, -0.15) is 0 Å². The smallest absolute Gasteiger partial charge is 0.246 e. The number of piperazine rings is 1. The average molecular weight is 569 g/mol. The van der Waals surface area contributed by atoms with Crippen LogP contribution >= 0.6 is 0 Å². The molecule has 1 aromatic carbocycles. The lowest BCUT2D eigenvalue weighted by atomic mass is 9.71. The van der Waals surface area contributed by atoms with Crippen LogP contribution in [0, 0.1) is 11.8 Å². The number of fused-ring (bicyclic) bond motifs is 1. The van der Waals surface area contributed by atoms with E-state index in [2.05, 4.69) is 41.0 Å². The van der Waals surface area contributed by atoms with Gasteiger partial charge in [0.2, 0.25) is 5.91 Å². The number of Topliss-reactive ketones (excluding diaryl/α,β-unsaturated/α-hetero) is 1. The minimum atomic E-state index is -0.447. The molecule has 1 aliphatic carbocycles. The molecule has 8 atom stereocenters. The van der Waals surface area contributed by atoms with E-state index in [9.17, 15) is 14.7 Å². The van der Waals surface area contributed by atoms with Crippen LogP contribution in [0.15, 0.2) is 36.9 Å². The molecule has 226 valence electrons. The molecule has 3 saturated heterocycles. The summed E-state index contributed by atoms with van der Waals surface area (Å²) in [5.74, 6) is 0.496. The number of aromatic hydroxyl groups is 1. The molecule has 1 saturated carbocycles. The first-order valence-electron chi connectivity index (χ1n) is 15.3. The zero-order valence-electron chi connectivity index (χ0n) is 24.6. The van der Waals surface area contributed by atoms with Gasteiger partial charge < -0.3 is 25.4 Å². The molecule has 10 heteroatoms. The summed E-state index contributed by atoms with van der Waals surface area (Å²) in [6.07, 6.45) is 5.55. The Bertz CT molecular complexity index is 1090. The fourth-order valence-corrected chi connectivity index (χ4v) is 7.51. The highest BCUT2D eigenvalue weighted by molar-refractivity contribution is 5.88. The predicted octanol–water partition coefficient (Wildman–Crippen LogP) is 1.42. The van der Waals surface area contributed by atoms with E-state index >= 15 is 0 Å². The van der Waals surface area contributed by atoms with Gasteiger partial charge in [0, 0.05) is 44.1 Å². The highest BCUT2D eigenvalue weighted by Gasteiger charge is 2.49. The van der Waals surface area contributed by atoms with E-state index in [4.69, 9.17) is 10.5 Å². The third kappa shape index (κ3) is 6.53. The number of hydrogen-bond donors (Lipinski definition) is 4. The van der Waals surface area contributed by atoms with Crippen molar-refractivity contribution in [2.24, 2.45) is 17.6 Å². The number of carbonyl (C=O) groups excluding carboxylic acids is 2. The van der Waals surface area contributed by atoms with Crippen molar-refractivity contribution in [3.63, 3.8) is 0 Å². The third-order valence-corrected chi connectivity index (χ3v) is 9.91. The number of likely N-dealkylation sites (tertiary alicyclic amines) is 1. The summed E-state index contributed by atoms with van der Waals surface area (Å²) in [4.78, 5) is 33.0. The predicted molar refractivity (Wildman–Crippen MR) is 158 cm³/mol. The van der Waals surface area contributed by atoms with Crippen LogP contribution in [0.4, 0.5) is 0 Å². The van der Waals surface area contributed by atoms with Crippen molar-refractivity contribution in [2.45, 2.75) is 75.6 Å². The Morgan fingerprint density at radius 2 is 2.00 bits per heavy atom. The van der Waals surface area contributed by atoms with Crippen LogP contribution in [0.25, 0.3) is 0 Å². The molecular weight excluding hydrogens is 520 g/mol. The van der Waals surface area contributed by atoms with Gasteiger partial charge in [0.25, 0.3) is 0 Å². The lowest BCUT2D eigenvalue weighted by Gasteiger charge is -2.53.